The Morgan fingerprint density at radius 3 is 2.71 bits per heavy atom. The van der Waals surface area contributed by atoms with Gasteiger partial charge in [0.15, 0.2) is 9.84 Å². The second-order valence-electron chi connectivity index (χ2n) is 3.43. The monoisotopic (exact) mass is 290 g/mol. The van der Waals surface area contributed by atoms with Gasteiger partial charge in [0, 0.05) is 10.9 Å². The van der Waals surface area contributed by atoms with Crippen molar-refractivity contribution in [3.63, 3.8) is 0 Å². The molecule has 0 saturated heterocycles. The molecule has 17 heavy (non-hydrogen) atoms. The molecule has 1 aromatic heterocycles. The summed E-state index contributed by atoms with van der Waals surface area (Å²) in [5.41, 5.74) is 0.0868. The summed E-state index contributed by atoms with van der Waals surface area (Å²) in [6.45, 7) is 0. The molecule has 0 aliphatic carbocycles. The average molecular weight is 291 g/mol. The molecule has 0 spiro atoms. The summed E-state index contributed by atoms with van der Waals surface area (Å²) in [4.78, 5) is 0.210. The topological polar surface area (TPSA) is 34.1 Å². The quantitative estimate of drug-likeness (QED) is 0.867. The van der Waals surface area contributed by atoms with Crippen LogP contribution in [0.4, 0.5) is 4.39 Å². The van der Waals surface area contributed by atoms with E-state index in [4.69, 9.17) is 11.6 Å². The summed E-state index contributed by atoms with van der Waals surface area (Å²) in [7, 11) is -3.50. The molecule has 0 fully saturated rings. The number of rotatable bonds is 3. The highest BCUT2D eigenvalue weighted by Gasteiger charge is 2.18. The van der Waals surface area contributed by atoms with E-state index in [1.807, 2.05) is 0 Å². The third-order valence-corrected chi connectivity index (χ3v) is 5.02. The first-order chi connectivity index (χ1) is 8.00. The van der Waals surface area contributed by atoms with Crippen LogP contribution >= 0.6 is 22.9 Å². The first-order valence-electron chi connectivity index (χ1n) is 4.68. The summed E-state index contributed by atoms with van der Waals surface area (Å²) in [5, 5.41) is 3.13. The fourth-order valence-corrected chi connectivity index (χ4v) is 4.00. The van der Waals surface area contributed by atoms with Crippen LogP contribution in [0, 0.1) is 5.82 Å². The molecule has 2 aromatic rings. The molecule has 0 unspecified atom stereocenters. The Labute approximate surface area is 108 Å². The van der Waals surface area contributed by atoms with Gasteiger partial charge < -0.3 is 0 Å². The molecular formula is C11H8ClFO2S2. The van der Waals surface area contributed by atoms with Crippen LogP contribution < -0.4 is 0 Å². The van der Waals surface area contributed by atoms with Crippen molar-refractivity contribution >= 4 is 32.8 Å². The van der Waals surface area contributed by atoms with E-state index in [2.05, 4.69) is 0 Å². The predicted octanol–water partition coefficient (Wildman–Crippen LogP) is 3.51. The lowest BCUT2D eigenvalue weighted by atomic mass is 10.2. The van der Waals surface area contributed by atoms with Crippen molar-refractivity contribution in [2.75, 3.05) is 0 Å². The molecule has 0 aliphatic rings. The molecule has 0 radical (unpaired) electrons. The molecule has 0 aliphatic heterocycles. The smallest absolute Gasteiger partial charge is 0.183 e. The Bertz CT molecular complexity index is 621. The van der Waals surface area contributed by atoms with Crippen LogP contribution in [0.5, 0.6) is 0 Å². The van der Waals surface area contributed by atoms with E-state index in [0.717, 1.165) is 0 Å². The number of benzene rings is 1. The maximum atomic E-state index is 13.6. The first-order valence-corrected chi connectivity index (χ1v) is 7.66. The largest absolute Gasteiger partial charge is 0.223 e. The average Bonchev–Trinajstić information content (AvgIpc) is 2.78. The highest BCUT2D eigenvalue weighted by molar-refractivity contribution is 7.90. The van der Waals surface area contributed by atoms with Crippen LogP contribution in [-0.4, -0.2) is 8.42 Å². The zero-order valence-electron chi connectivity index (χ0n) is 8.56. The number of hydrogen-bond donors (Lipinski definition) is 0. The molecule has 2 nitrogen and oxygen atoms in total. The van der Waals surface area contributed by atoms with E-state index in [9.17, 15) is 12.8 Å². The summed E-state index contributed by atoms with van der Waals surface area (Å²) in [6.07, 6.45) is 0. The van der Waals surface area contributed by atoms with Crippen molar-refractivity contribution in [1.29, 1.82) is 0 Å². The number of thiophene rings is 1. The van der Waals surface area contributed by atoms with Crippen LogP contribution in [0.25, 0.3) is 0 Å². The van der Waals surface area contributed by atoms with Crippen LogP contribution in [0.2, 0.25) is 5.02 Å². The third-order valence-electron chi connectivity index (χ3n) is 2.23. The third kappa shape index (κ3) is 2.68. The zero-order valence-corrected chi connectivity index (χ0v) is 10.9. The normalized spacial score (nSPS) is 11.6. The molecule has 6 heteroatoms. The Morgan fingerprint density at radius 1 is 1.29 bits per heavy atom. The van der Waals surface area contributed by atoms with Crippen molar-refractivity contribution in [2.45, 2.75) is 10.6 Å². The zero-order chi connectivity index (χ0) is 12.5. The van der Waals surface area contributed by atoms with Gasteiger partial charge in [-0.15, -0.1) is 0 Å². The second kappa shape index (κ2) is 4.76. The number of hydrogen-bond acceptors (Lipinski definition) is 3. The maximum absolute atomic E-state index is 13.6. The Morgan fingerprint density at radius 2 is 2.06 bits per heavy atom. The lowest BCUT2D eigenvalue weighted by Gasteiger charge is -2.04. The fourth-order valence-electron chi connectivity index (χ4n) is 1.38. The summed E-state index contributed by atoms with van der Waals surface area (Å²) < 4.78 is 37.4. The highest BCUT2D eigenvalue weighted by atomic mass is 35.5. The highest BCUT2D eigenvalue weighted by Crippen LogP contribution is 2.23. The minimum absolute atomic E-state index is 0.0666. The second-order valence-corrected chi connectivity index (χ2v) is 6.61. The van der Waals surface area contributed by atoms with Gasteiger partial charge in [0.05, 0.1) is 15.7 Å². The predicted molar refractivity (Wildman–Crippen MR) is 66.6 cm³/mol. The van der Waals surface area contributed by atoms with Crippen LogP contribution in [0.3, 0.4) is 0 Å². The van der Waals surface area contributed by atoms with E-state index in [-0.39, 0.29) is 21.2 Å². The minimum atomic E-state index is -3.50. The molecule has 0 atom stereocenters. The fraction of sp³-hybridized carbons (Fsp3) is 0.0909. The molecular weight excluding hydrogens is 283 g/mol. The Balaban J connectivity index is 2.37. The van der Waals surface area contributed by atoms with E-state index >= 15 is 0 Å². The lowest BCUT2D eigenvalue weighted by molar-refractivity contribution is 0.587. The van der Waals surface area contributed by atoms with Crippen molar-refractivity contribution in [3.05, 3.63) is 51.4 Å². The van der Waals surface area contributed by atoms with Gasteiger partial charge in [-0.25, -0.2) is 12.8 Å². The SMILES string of the molecule is O=S(=O)(Cc1cccc(Cl)c1F)c1ccsc1. The minimum Gasteiger partial charge on any atom is -0.223 e. The molecule has 1 aromatic carbocycles. The van der Waals surface area contributed by atoms with E-state index < -0.39 is 15.7 Å². The molecule has 0 saturated carbocycles. The molecule has 90 valence electrons. The molecule has 2 rings (SSSR count). The van der Waals surface area contributed by atoms with Crippen molar-refractivity contribution < 1.29 is 12.8 Å². The summed E-state index contributed by atoms with van der Waals surface area (Å²) >= 11 is 6.89. The van der Waals surface area contributed by atoms with Gasteiger partial charge >= 0.3 is 0 Å². The summed E-state index contributed by atoms with van der Waals surface area (Å²) in [6, 6.07) is 5.84. The van der Waals surface area contributed by atoms with Crippen molar-refractivity contribution in [1.82, 2.24) is 0 Å². The van der Waals surface area contributed by atoms with Gasteiger partial charge in [-0.1, -0.05) is 23.7 Å². The Hall–Kier alpha value is -0.910. The molecule has 0 N–H and O–H groups in total. The lowest BCUT2D eigenvalue weighted by Crippen LogP contribution is -2.05. The van der Waals surface area contributed by atoms with Gasteiger partial charge in [-0.3, -0.25) is 0 Å². The van der Waals surface area contributed by atoms with Crippen molar-refractivity contribution in [2.24, 2.45) is 0 Å². The van der Waals surface area contributed by atoms with Gasteiger partial charge in [0.25, 0.3) is 0 Å². The van der Waals surface area contributed by atoms with E-state index in [1.54, 1.807) is 5.38 Å². The maximum Gasteiger partial charge on any atom is 0.183 e. The van der Waals surface area contributed by atoms with Crippen molar-refractivity contribution in [3.8, 4) is 0 Å². The molecule has 0 bridgehead atoms. The van der Waals surface area contributed by atoms with E-state index in [1.165, 1.54) is 41.0 Å². The standard InChI is InChI=1S/C11H8ClFO2S2/c12-10-3-1-2-8(11(10)13)7-17(14,15)9-4-5-16-6-9/h1-6H,7H2. The van der Waals surface area contributed by atoms with Gasteiger partial charge in [-0.2, -0.15) is 11.3 Å². The van der Waals surface area contributed by atoms with Gasteiger partial charge in [0.2, 0.25) is 0 Å². The molecule has 0 amide bonds. The Kier molecular flexibility index (Phi) is 3.51. The first kappa shape index (κ1) is 12.5. The van der Waals surface area contributed by atoms with Gasteiger partial charge in [-0.05, 0) is 17.5 Å². The summed E-state index contributed by atoms with van der Waals surface area (Å²) in [5.74, 6) is -1.05. The number of halogens is 2. The van der Waals surface area contributed by atoms with Crippen LogP contribution in [0.1, 0.15) is 5.56 Å². The van der Waals surface area contributed by atoms with E-state index in [0.29, 0.717) is 0 Å². The van der Waals surface area contributed by atoms with Crippen LogP contribution in [0.15, 0.2) is 39.9 Å². The molecule has 1 heterocycles. The number of sulfone groups is 1. The van der Waals surface area contributed by atoms with Gasteiger partial charge in [0.1, 0.15) is 5.82 Å². The van der Waals surface area contributed by atoms with Crippen LogP contribution in [-0.2, 0) is 15.6 Å².